The molecule has 26 heavy (non-hydrogen) atoms. The summed E-state index contributed by atoms with van der Waals surface area (Å²) in [6.07, 6.45) is 3.43. The Bertz CT molecular complexity index is 584. The van der Waals surface area contributed by atoms with Gasteiger partial charge in [-0.05, 0) is 12.8 Å². The van der Waals surface area contributed by atoms with E-state index in [-0.39, 0.29) is 15.2 Å². The first-order valence-corrected chi connectivity index (χ1v) is 9.98. The molecule has 2 heterocycles. The minimum atomic E-state index is -0.490. The fourth-order valence-corrected chi connectivity index (χ4v) is 3.24. The molecule has 7 heteroatoms. The third-order valence-corrected chi connectivity index (χ3v) is 4.98. The molecule has 1 aliphatic rings. The van der Waals surface area contributed by atoms with Gasteiger partial charge in [0.1, 0.15) is 0 Å². The van der Waals surface area contributed by atoms with Gasteiger partial charge in [-0.3, -0.25) is 0 Å². The van der Waals surface area contributed by atoms with Crippen LogP contribution in [0.25, 0.3) is 0 Å². The van der Waals surface area contributed by atoms with Crippen LogP contribution in [0.5, 0.6) is 11.5 Å². The van der Waals surface area contributed by atoms with Gasteiger partial charge in [-0.15, -0.1) is 11.3 Å². The van der Waals surface area contributed by atoms with Crippen molar-refractivity contribution < 1.29 is 28.5 Å². The zero-order valence-electron chi connectivity index (χ0n) is 16.0. The number of unbranched alkanes of at least 4 members (excludes halogenated alkanes) is 2. The molecule has 0 aromatic carbocycles. The van der Waals surface area contributed by atoms with E-state index in [4.69, 9.17) is 18.9 Å². The lowest BCUT2D eigenvalue weighted by Crippen LogP contribution is -2.26. The average molecular weight is 384 g/mol. The molecular weight excluding hydrogens is 356 g/mol. The number of fused-ring (bicyclic) bond motifs is 1. The molecule has 1 aliphatic heterocycles. The second-order valence-electron chi connectivity index (χ2n) is 7.14. The lowest BCUT2D eigenvalue weighted by Gasteiger charge is -2.20. The third kappa shape index (κ3) is 5.13. The Morgan fingerprint density at radius 3 is 1.73 bits per heavy atom. The Hall–Kier alpha value is -1.76. The van der Waals surface area contributed by atoms with Crippen molar-refractivity contribution in [2.24, 2.45) is 5.41 Å². The SMILES string of the molecule is CCCCOC(=O)c1sc(C(=O)OCCCC)c2c1OCC(C)(C)CO2. The van der Waals surface area contributed by atoms with Crippen LogP contribution in [0.3, 0.4) is 0 Å². The van der Waals surface area contributed by atoms with Crippen molar-refractivity contribution in [2.45, 2.75) is 53.4 Å². The van der Waals surface area contributed by atoms with Crippen LogP contribution in [-0.4, -0.2) is 38.4 Å². The Morgan fingerprint density at radius 2 is 1.35 bits per heavy atom. The lowest BCUT2D eigenvalue weighted by molar-refractivity contribution is 0.0492. The van der Waals surface area contributed by atoms with Crippen LogP contribution < -0.4 is 9.47 Å². The second-order valence-corrected chi connectivity index (χ2v) is 8.16. The monoisotopic (exact) mass is 384 g/mol. The number of thiophene rings is 1. The maximum absolute atomic E-state index is 12.5. The number of ether oxygens (including phenoxy) is 4. The molecule has 0 unspecified atom stereocenters. The van der Waals surface area contributed by atoms with Crippen molar-refractivity contribution in [3.8, 4) is 11.5 Å². The van der Waals surface area contributed by atoms with E-state index in [1.165, 1.54) is 0 Å². The number of carbonyl (C=O) groups excluding carboxylic acids is 2. The van der Waals surface area contributed by atoms with Crippen LogP contribution in [0, 0.1) is 5.41 Å². The highest BCUT2D eigenvalue weighted by atomic mass is 32.1. The summed E-state index contributed by atoms with van der Waals surface area (Å²) in [4.78, 5) is 25.4. The topological polar surface area (TPSA) is 71.1 Å². The van der Waals surface area contributed by atoms with Crippen molar-refractivity contribution in [1.82, 2.24) is 0 Å². The molecule has 0 amide bonds. The van der Waals surface area contributed by atoms with Gasteiger partial charge < -0.3 is 18.9 Å². The summed E-state index contributed by atoms with van der Waals surface area (Å²) in [5, 5.41) is 0. The first-order chi connectivity index (χ1) is 12.4. The molecule has 2 rings (SSSR count). The molecule has 1 aromatic rings. The summed E-state index contributed by atoms with van der Waals surface area (Å²) in [7, 11) is 0. The van der Waals surface area contributed by atoms with E-state index in [0.717, 1.165) is 37.0 Å². The van der Waals surface area contributed by atoms with Crippen LogP contribution in [0.2, 0.25) is 0 Å². The molecule has 0 N–H and O–H groups in total. The van der Waals surface area contributed by atoms with Gasteiger partial charge in [0.15, 0.2) is 21.3 Å². The molecule has 0 aliphatic carbocycles. The summed E-state index contributed by atoms with van der Waals surface area (Å²) < 4.78 is 22.3. The van der Waals surface area contributed by atoms with Crippen molar-refractivity contribution in [3.05, 3.63) is 9.75 Å². The van der Waals surface area contributed by atoms with E-state index in [1.54, 1.807) is 0 Å². The van der Waals surface area contributed by atoms with E-state index < -0.39 is 11.9 Å². The predicted molar refractivity (Wildman–Crippen MR) is 99.5 cm³/mol. The normalized spacial score (nSPS) is 15.2. The smallest absolute Gasteiger partial charge is 0.352 e. The molecule has 0 saturated carbocycles. The summed E-state index contributed by atoms with van der Waals surface area (Å²) in [6.45, 7) is 9.49. The molecule has 0 radical (unpaired) electrons. The summed E-state index contributed by atoms with van der Waals surface area (Å²) in [5.74, 6) is -0.389. The van der Waals surface area contributed by atoms with Gasteiger partial charge in [0.05, 0.1) is 26.4 Å². The highest BCUT2D eigenvalue weighted by Crippen LogP contribution is 2.46. The van der Waals surface area contributed by atoms with Crippen molar-refractivity contribution >= 4 is 23.3 Å². The molecule has 0 saturated heterocycles. The largest absolute Gasteiger partial charge is 0.487 e. The highest BCUT2D eigenvalue weighted by molar-refractivity contribution is 7.16. The average Bonchev–Trinajstić information content (AvgIpc) is 2.89. The van der Waals surface area contributed by atoms with Gasteiger partial charge in [0, 0.05) is 5.41 Å². The molecule has 0 spiro atoms. The number of carbonyl (C=O) groups is 2. The molecule has 0 fully saturated rings. The van der Waals surface area contributed by atoms with Crippen LogP contribution in [0.15, 0.2) is 0 Å². The van der Waals surface area contributed by atoms with Crippen LogP contribution >= 0.6 is 11.3 Å². The Balaban J connectivity index is 2.28. The van der Waals surface area contributed by atoms with Gasteiger partial charge >= 0.3 is 11.9 Å². The summed E-state index contributed by atoms with van der Waals surface area (Å²) in [5.41, 5.74) is -0.233. The molecule has 146 valence electrons. The van der Waals surface area contributed by atoms with E-state index in [2.05, 4.69) is 0 Å². The molecule has 6 nitrogen and oxygen atoms in total. The fraction of sp³-hybridized carbons (Fsp3) is 0.684. The Morgan fingerprint density at radius 1 is 0.923 bits per heavy atom. The van der Waals surface area contributed by atoms with Crippen molar-refractivity contribution in [1.29, 1.82) is 0 Å². The number of hydrogen-bond acceptors (Lipinski definition) is 7. The summed E-state index contributed by atoms with van der Waals surface area (Å²) >= 11 is 1.02. The van der Waals surface area contributed by atoms with Crippen molar-refractivity contribution in [3.63, 3.8) is 0 Å². The zero-order valence-corrected chi connectivity index (χ0v) is 16.8. The van der Waals surface area contributed by atoms with E-state index in [0.29, 0.717) is 37.9 Å². The molecular formula is C19H28O6S. The van der Waals surface area contributed by atoms with Crippen LogP contribution in [0.1, 0.15) is 72.7 Å². The van der Waals surface area contributed by atoms with Gasteiger partial charge in [0.2, 0.25) is 0 Å². The van der Waals surface area contributed by atoms with E-state index >= 15 is 0 Å². The number of rotatable bonds is 8. The van der Waals surface area contributed by atoms with Gasteiger partial charge in [-0.25, -0.2) is 9.59 Å². The van der Waals surface area contributed by atoms with Crippen molar-refractivity contribution in [2.75, 3.05) is 26.4 Å². The number of hydrogen-bond donors (Lipinski definition) is 0. The zero-order chi connectivity index (χ0) is 19.2. The van der Waals surface area contributed by atoms with Crippen LogP contribution in [-0.2, 0) is 9.47 Å². The minimum Gasteiger partial charge on any atom is -0.487 e. The first kappa shape index (κ1) is 20.6. The van der Waals surface area contributed by atoms with Crippen LogP contribution in [0.4, 0.5) is 0 Å². The van der Waals surface area contributed by atoms with Gasteiger partial charge in [-0.1, -0.05) is 40.5 Å². The second kappa shape index (κ2) is 9.26. The maximum atomic E-state index is 12.5. The Labute approximate surface area is 158 Å². The summed E-state index contributed by atoms with van der Waals surface area (Å²) in [6, 6.07) is 0. The predicted octanol–water partition coefficient (Wildman–Crippen LogP) is 4.46. The molecule has 0 bridgehead atoms. The van der Waals surface area contributed by atoms with E-state index in [1.807, 2.05) is 27.7 Å². The van der Waals surface area contributed by atoms with E-state index in [9.17, 15) is 9.59 Å². The quantitative estimate of drug-likeness (QED) is 0.487. The highest BCUT2D eigenvalue weighted by Gasteiger charge is 2.35. The van der Waals surface area contributed by atoms with Gasteiger partial charge in [-0.2, -0.15) is 0 Å². The first-order valence-electron chi connectivity index (χ1n) is 9.16. The fourth-order valence-electron chi connectivity index (χ4n) is 2.26. The minimum absolute atomic E-state index is 0.233. The maximum Gasteiger partial charge on any atom is 0.352 e. The standard InChI is InChI=1S/C19H28O6S/c1-5-7-9-22-17(20)15-13-14(25-12-19(3,4)11-24-13)16(26-15)18(21)23-10-8-6-2/h5-12H2,1-4H3. The molecule has 0 atom stereocenters. The Kier molecular flexibility index (Phi) is 7.32. The molecule has 1 aromatic heterocycles. The third-order valence-electron chi connectivity index (χ3n) is 3.87. The number of esters is 2. The lowest BCUT2D eigenvalue weighted by atomic mass is 9.97. The van der Waals surface area contributed by atoms with Gasteiger partial charge in [0.25, 0.3) is 0 Å².